The van der Waals surface area contributed by atoms with Crippen LogP contribution in [-0.4, -0.2) is 45.5 Å². The molecule has 10 nitrogen and oxygen atoms in total. The number of nitrogens with zero attached hydrogens (tertiary/aromatic N) is 8. The molecule has 0 saturated heterocycles. The fraction of sp³-hybridized carbons (Fsp3) is 0.261. The Labute approximate surface area is 198 Å². The molecule has 0 unspecified atom stereocenters. The van der Waals surface area contributed by atoms with E-state index in [0.717, 1.165) is 6.20 Å². The van der Waals surface area contributed by atoms with E-state index >= 15 is 0 Å². The number of hydrogen-bond acceptors (Lipinski definition) is 8. The molecule has 0 bridgehead atoms. The minimum absolute atomic E-state index is 0.115. The average Bonchev–Trinajstić information content (AvgIpc) is 3.62. The molecule has 0 spiro atoms. The standard InChI is InChI=1S/C23H21F2N9O/c1-13(2)15(22-28-32-33-29-22)9-19-17(25)11-26-23(27-19)20-10-21(18-7-8-35-31-18)34(30-20)12-14-5-3-4-6-16(14)24/h3-8,10-11,13,15H,9,12H2,1-2H3,(H,28,29,32,33)/t15-/m1/s1. The first-order valence-electron chi connectivity index (χ1n) is 11.0. The molecule has 1 atom stereocenters. The summed E-state index contributed by atoms with van der Waals surface area (Å²) in [4.78, 5) is 8.62. The molecule has 0 radical (unpaired) electrons. The summed E-state index contributed by atoms with van der Waals surface area (Å²) in [5.41, 5.74) is 2.15. The smallest absolute Gasteiger partial charge is 0.180 e. The van der Waals surface area contributed by atoms with Crippen LogP contribution in [0.25, 0.3) is 22.9 Å². The first-order valence-corrected chi connectivity index (χ1v) is 11.0. The van der Waals surface area contributed by atoms with Crippen LogP contribution in [0.5, 0.6) is 0 Å². The highest BCUT2D eigenvalue weighted by atomic mass is 19.1. The molecule has 0 fully saturated rings. The second kappa shape index (κ2) is 9.49. The Balaban J connectivity index is 1.52. The first-order chi connectivity index (χ1) is 17.0. The quantitative estimate of drug-likeness (QED) is 0.358. The number of aromatic amines is 1. The molecule has 1 N–H and O–H groups in total. The molecule has 0 aliphatic rings. The van der Waals surface area contributed by atoms with Gasteiger partial charge in [0.05, 0.1) is 24.1 Å². The van der Waals surface area contributed by atoms with Gasteiger partial charge >= 0.3 is 0 Å². The summed E-state index contributed by atoms with van der Waals surface area (Å²) in [5, 5.41) is 22.7. The van der Waals surface area contributed by atoms with E-state index in [1.807, 2.05) is 13.8 Å². The highest BCUT2D eigenvalue weighted by Crippen LogP contribution is 2.28. The Kier molecular flexibility index (Phi) is 6.08. The summed E-state index contributed by atoms with van der Waals surface area (Å²) in [6.45, 7) is 4.14. The molecule has 0 saturated carbocycles. The van der Waals surface area contributed by atoms with Crippen LogP contribution in [0, 0.1) is 17.6 Å². The summed E-state index contributed by atoms with van der Waals surface area (Å²) >= 11 is 0. The highest BCUT2D eigenvalue weighted by molar-refractivity contribution is 5.62. The highest BCUT2D eigenvalue weighted by Gasteiger charge is 2.24. The number of nitrogens with one attached hydrogen (secondary N) is 1. The van der Waals surface area contributed by atoms with Gasteiger partial charge in [-0.25, -0.2) is 18.7 Å². The topological polar surface area (TPSA) is 124 Å². The molecule has 5 aromatic rings. The second-order valence-electron chi connectivity index (χ2n) is 8.36. The number of hydrogen-bond donors (Lipinski definition) is 1. The normalized spacial score (nSPS) is 12.4. The van der Waals surface area contributed by atoms with E-state index in [1.54, 1.807) is 35.0 Å². The molecule has 0 amide bonds. The minimum Gasteiger partial charge on any atom is -0.364 e. The summed E-state index contributed by atoms with van der Waals surface area (Å²) in [7, 11) is 0. The van der Waals surface area contributed by atoms with E-state index in [9.17, 15) is 8.78 Å². The van der Waals surface area contributed by atoms with Crippen LogP contribution in [0.15, 0.2) is 53.4 Å². The molecule has 12 heteroatoms. The van der Waals surface area contributed by atoms with Crippen LogP contribution in [0.3, 0.4) is 0 Å². The van der Waals surface area contributed by atoms with Crippen molar-refractivity contribution in [2.75, 3.05) is 0 Å². The summed E-state index contributed by atoms with van der Waals surface area (Å²) in [5.74, 6) is -0.252. The van der Waals surface area contributed by atoms with Crippen molar-refractivity contribution < 1.29 is 13.3 Å². The average molecular weight is 477 g/mol. The van der Waals surface area contributed by atoms with Crippen LogP contribution in [0.2, 0.25) is 0 Å². The number of halogens is 2. The van der Waals surface area contributed by atoms with Gasteiger partial charge in [-0.1, -0.05) is 42.4 Å². The molecule has 5 rings (SSSR count). The zero-order chi connectivity index (χ0) is 24.4. The van der Waals surface area contributed by atoms with Gasteiger partial charge in [0.2, 0.25) is 0 Å². The van der Waals surface area contributed by atoms with Crippen molar-refractivity contribution >= 4 is 0 Å². The van der Waals surface area contributed by atoms with Gasteiger partial charge in [0.15, 0.2) is 17.5 Å². The van der Waals surface area contributed by atoms with E-state index in [2.05, 4.69) is 40.8 Å². The van der Waals surface area contributed by atoms with Gasteiger partial charge in [0, 0.05) is 24.0 Å². The third-order valence-corrected chi connectivity index (χ3v) is 5.72. The van der Waals surface area contributed by atoms with Gasteiger partial charge in [-0.05, 0) is 18.1 Å². The Morgan fingerprint density at radius 3 is 2.66 bits per heavy atom. The van der Waals surface area contributed by atoms with E-state index in [1.165, 1.54) is 12.3 Å². The molecular weight excluding hydrogens is 456 g/mol. The Morgan fingerprint density at radius 1 is 1.09 bits per heavy atom. The minimum atomic E-state index is -0.537. The van der Waals surface area contributed by atoms with E-state index in [4.69, 9.17) is 4.52 Å². The van der Waals surface area contributed by atoms with Gasteiger partial charge in [0.25, 0.3) is 0 Å². The number of rotatable bonds is 8. The van der Waals surface area contributed by atoms with Crippen molar-refractivity contribution in [3.05, 3.63) is 77.6 Å². The lowest BCUT2D eigenvalue weighted by Gasteiger charge is -2.17. The van der Waals surface area contributed by atoms with Crippen molar-refractivity contribution in [1.82, 2.24) is 45.5 Å². The molecular formula is C23H21F2N9O. The zero-order valence-corrected chi connectivity index (χ0v) is 18.9. The van der Waals surface area contributed by atoms with Gasteiger partial charge < -0.3 is 4.52 Å². The van der Waals surface area contributed by atoms with Crippen LogP contribution in [0.1, 0.15) is 36.8 Å². The largest absolute Gasteiger partial charge is 0.364 e. The van der Waals surface area contributed by atoms with Crippen LogP contribution in [0.4, 0.5) is 8.78 Å². The van der Waals surface area contributed by atoms with Gasteiger partial charge in [-0.15, -0.1) is 10.2 Å². The molecule has 4 aromatic heterocycles. The van der Waals surface area contributed by atoms with Gasteiger partial charge in [0.1, 0.15) is 23.5 Å². The van der Waals surface area contributed by atoms with Crippen molar-refractivity contribution in [3.8, 4) is 22.9 Å². The lowest BCUT2D eigenvalue weighted by molar-refractivity contribution is 0.421. The maximum Gasteiger partial charge on any atom is 0.180 e. The van der Waals surface area contributed by atoms with Crippen molar-refractivity contribution in [3.63, 3.8) is 0 Å². The van der Waals surface area contributed by atoms with E-state index in [0.29, 0.717) is 28.5 Å². The Bertz CT molecular complexity index is 1420. The predicted molar refractivity (Wildman–Crippen MR) is 120 cm³/mol. The monoisotopic (exact) mass is 477 g/mol. The number of H-pyrrole nitrogens is 1. The van der Waals surface area contributed by atoms with Crippen LogP contribution >= 0.6 is 0 Å². The predicted octanol–water partition coefficient (Wildman–Crippen LogP) is 3.82. The molecule has 4 heterocycles. The van der Waals surface area contributed by atoms with E-state index in [-0.39, 0.29) is 42.1 Å². The number of benzene rings is 1. The van der Waals surface area contributed by atoms with Gasteiger partial charge in [-0.2, -0.15) is 10.3 Å². The molecule has 0 aliphatic carbocycles. The number of aromatic nitrogens is 9. The molecule has 178 valence electrons. The third kappa shape index (κ3) is 4.67. The van der Waals surface area contributed by atoms with E-state index < -0.39 is 5.82 Å². The van der Waals surface area contributed by atoms with Crippen molar-refractivity contribution in [2.45, 2.75) is 32.7 Å². The first kappa shape index (κ1) is 22.4. The lowest BCUT2D eigenvalue weighted by Crippen LogP contribution is -2.14. The maximum absolute atomic E-state index is 14.7. The van der Waals surface area contributed by atoms with Crippen molar-refractivity contribution in [2.24, 2.45) is 5.92 Å². The summed E-state index contributed by atoms with van der Waals surface area (Å²) < 4.78 is 35.6. The SMILES string of the molecule is CC(C)[C@@H](Cc1nc(-c2cc(-c3ccon3)n(Cc3ccccc3F)n2)ncc1F)c1nn[nH]n1. The van der Waals surface area contributed by atoms with Gasteiger partial charge in [-0.3, -0.25) is 4.68 Å². The molecule has 35 heavy (non-hydrogen) atoms. The molecule has 1 aromatic carbocycles. The lowest BCUT2D eigenvalue weighted by atomic mass is 9.90. The zero-order valence-electron chi connectivity index (χ0n) is 18.9. The van der Waals surface area contributed by atoms with Crippen LogP contribution < -0.4 is 0 Å². The maximum atomic E-state index is 14.7. The summed E-state index contributed by atoms with van der Waals surface area (Å²) in [6, 6.07) is 9.84. The fourth-order valence-corrected chi connectivity index (χ4v) is 3.81. The Morgan fingerprint density at radius 2 is 1.94 bits per heavy atom. The van der Waals surface area contributed by atoms with Crippen LogP contribution in [-0.2, 0) is 13.0 Å². The second-order valence-corrected chi connectivity index (χ2v) is 8.36. The van der Waals surface area contributed by atoms with Crippen molar-refractivity contribution in [1.29, 1.82) is 0 Å². The number of tetrazole rings is 1. The Hall–Kier alpha value is -4.35. The third-order valence-electron chi connectivity index (χ3n) is 5.72. The fourth-order valence-electron chi connectivity index (χ4n) is 3.81. The molecule has 0 aliphatic heterocycles. The summed E-state index contributed by atoms with van der Waals surface area (Å²) in [6.07, 6.45) is 2.81.